The van der Waals surface area contributed by atoms with E-state index in [2.05, 4.69) is 6.58 Å². The van der Waals surface area contributed by atoms with E-state index in [1.54, 1.807) is 0 Å². The molecule has 1 N–H and O–H groups in total. The first-order valence-electron chi connectivity index (χ1n) is 6.44. The Morgan fingerprint density at radius 2 is 1.70 bits per heavy atom. The van der Waals surface area contributed by atoms with E-state index in [4.69, 9.17) is 11.6 Å². The summed E-state index contributed by atoms with van der Waals surface area (Å²) in [6.45, 7) is 5.67. The van der Waals surface area contributed by atoms with Crippen molar-refractivity contribution in [2.75, 3.05) is 0 Å². The normalized spacial score (nSPS) is 13.1. The molecule has 0 spiro atoms. The third kappa shape index (κ3) is 3.60. The van der Waals surface area contributed by atoms with Gasteiger partial charge >= 0.3 is 0 Å². The molecular formula is C18H17ClO. The Labute approximate surface area is 124 Å². The summed E-state index contributed by atoms with van der Waals surface area (Å²) in [6, 6.07) is 17.4. The minimum Gasteiger partial charge on any atom is -0.384 e. The summed E-state index contributed by atoms with van der Waals surface area (Å²) >= 11 is 5.89. The standard InChI is InChI=1S/C18H17ClO/c1-13(2)18(20)17(15-6-4-3-5-7-15)12-14-8-10-16(19)11-9-14/h3-12,18,20H,1H2,2H3/b17-12-. The maximum absolute atomic E-state index is 10.4. The van der Waals surface area contributed by atoms with E-state index in [1.165, 1.54) is 0 Å². The van der Waals surface area contributed by atoms with Gasteiger partial charge in [0.05, 0.1) is 0 Å². The maximum Gasteiger partial charge on any atom is 0.100 e. The van der Waals surface area contributed by atoms with Crippen LogP contribution in [0.25, 0.3) is 11.6 Å². The Hall–Kier alpha value is -1.83. The number of halogens is 1. The predicted molar refractivity (Wildman–Crippen MR) is 86.6 cm³/mol. The number of benzene rings is 2. The highest BCUT2D eigenvalue weighted by Gasteiger charge is 2.13. The first-order valence-corrected chi connectivity index (χ1v) is 6.82. The van der Waals surface area contributed by atoms with E-state index in [9.17, 15) is 5.11 Å². The lowest BCUT2D eigenvalue weighted by Gasteiger charge is -2.16. The Bertz CT molecular complexity index is 612. The van der Waals surface area contributed by atoms with Crippen LogP contribution in [-0.2, 0) is 0 Å². The molecule has 20 heavy (non-hydrogen) atoms. The zero-order valence-corrected chi connectivity index (χ0v) is 12.1. The second kappa shape index (κ2) is 6.56. The zero-order valence-electron chi connectivity index (χ0n) is 11.4. The van der Waals surface area contributed by atoms with Gasteiger partial charge < -0.3 is 5.11 Å². The number of rotatable bonds is 4. The van der Waals surface area contributed by atoms with Crippen molar-refractivity contribution in [1.82, 2.24) is 0 Å². The molecule has 0 heterocycles. The number of aliphatic hydroxyl groups excluding tert-OH is 1. The lowest BCUT2D eigenvalue weighted by atomic mass is 9.94. The molecule has 0 amide bonds. The van der Waals surface area contributed by atoms with Crippen molar-refractivity contribution in [3.05, 3.63) is 82.9 Å². The topological polar surface area (TPSA) is 20.2 Å². The van der Waals surface area contributed by atoms with Crippen LogP contribution in [-0.4, -0.2) is 11.2 Å². The van der Waals surface area contributed by atoms with Crippen molar-refractivity contribution >= 4 is 23.3 Å². The molecule has 2 rings (SSSR count). The van der Waals surface area contributed by atoms with Crippen LogP contribution in [0.2, 0.25) is 5.02 Å². The highest BCUT2D eigenvalue weighted by molar-refractivity contribution is 6.30. The van der Waals surface area contributed by atoms with Crippen molar-refractivity contribution in [3.8, 4) is 0 Å². The number of hydrogen-bond donors (Lipinski definition) is 1. The van der Waals surface area contributed by atoms with Crippen LogP contribution in [0.1, 0.15) is 18.1 Å². The van der Waals surface area contributed by atoms with Crippen molar-refractivity contribution in [3.63, 3.8) is 0 Å². The summed E-state index contributed by atoms with van der Waals surface area (Å²) in [7, 11) is 0. The molecular weight excluding hydrogens is 268 g/mol. The molecule has 2 aromatic rings. The molecule has 0 aromatic heterocycles. The van der Waals surface area contributed by atoms with E-state index in [-0.39, 0.29) is 0 Å². The Kier molecular flexibility index (Phi) is 4.78. The third-order valence-electron chi connectivity index (χ3n) is 3.06. The summed E-state index contributed by atoms with van der Waals surface area (Å²) in [5, 5.41) is 11.1. The van der Waals surface area contributed by atoms with Crippen LogP contribution < -0.4 is 0 Å². The molecule has 2 aromatic carbocycles. The van der Waals surface area contributed by atoms with Crippen molar-refractivity contribution < 1.29 is 5.11 Å². The van der Waals surface area contributed by atoms with Crippen molar-refractivity contribution in [1.29, 1.82) is 0 Å². The van der Waals surface area contributed by atoms with Gasteiger partial charge in [0.2, 0.25) is 0 Å². The lowest BCUT2D eigenvalue weighted by molar-refractivity contribution is 0.269. The van der Waals surface area contributed by atoms with Crippen LogP contribution in [0.5, 0.6) is 0 Å². The van der Waals surface area contributed by atoms with Gasteiger partial charge in [0.15, 0.2) is 0 Å². The Morgan fingerprint density at radius 1 is 1.10 bits per heavy atom. The largest absolute Gasteiger partial charge is 0.384 e. The van der Waals surface area contributed by atoms with Crippen LogP contribution >= 0.6 is 11.6 Å². The highest BCUT2D eigenvalue weighted by atomic mass is 35.5. The molecule has 102 valence electrons. The zero-order chi connectivity index (χ0) is 14.5. The summed E-state index contributed by atoms with van der Waals surface area (Å²) in [5.41, 5.74) is 3.53. The quantitative estimate of drug-likeness (QED) is 0.630. The Morgan fingerprint density at radius 3 is 2.25 bits per heavy atom. The van der Waals surface area contributed by atoms with Gasteiger partial charge in [-0.3, -0.25) is 0 Å². The van der Waals surface area contributed by atoms with E-state index in [0.29, 0.717) is 10.6 Å². The molecule has 0 aliphatic carbocycles. The molecule has 0 aliphatic rings. The van der Waals surface area contributed by atoms with Crippen LogP contribution in [0.3, 0.4) is 0 Å². The van der Waals surface area contributed by atoms with Crippen molar-refractivity contribution in [2.24, 2.45) is 0 Å². The molecule has 0 saturated heterocycles. The fourth-order valence-corrected chi connectivity index (χ4v) is 2.08. The first-order chi connectivity index (χ1) is 9.58. The average molecular weight is 285 g/mol. The summed E-state index contributed by atoms with van der Waals surface area (Å²) in [6.07, 6.45) is 1.28. The fourth-order valence-electron chi connectivity index (χ4n) is 1.95. The summed E-state index contributed by atoms with van der Waals surface area (Å²) in [4.78, 5) is 0. The van der Waals surface area contributed by atoms with Gasteiger partial charge in [0.25, 0.3) is 0 Å². The van der Waals surface area contributed by atoms with E-state index < -0.39 is 6.10 Å². The van der Waals surface area contributed by atoms with Crippen LogP contribution in [0.4, 0.5) is 0 Å². The molecule has 0 fully saturated rings. The van der Waals surface area contributed by atoms with Crippen molar-refractivity contribution in [2.45, 2.75) is 13.0 Å². The predicted octanol–water partition coefficient (Wildman–Crippen LogP) is 4.82. The Balaban J connectivity index is 2.46. The minimum atomic E-state index is -0.687. The van der Waals surface area contributed by atoms with Crippen LogP contribution in [0, 0.1) is 0 Å². The van der Waals surface area contributed by atoms with Gasteiger partial charge in [0.1, 0.15) is 6.10 Å². The SMILES string of the molecule is C=C(C)C(O)/C(=C\c1ccc(Cl)cc1)c1ccccc1. The summed E-state index contributed by atoms with van der Waals surface area (Å²) in [5.74, 6) is 0. The molecule has 1 unspecified atom stereocenters. The van der Waals surface area contributed by atoms with E-state index in [1.807, 2.05) is 67.6 Å². The first kappa shape index (κ1) is 14.6. The van der Waals surface area contributed by atoms with E-state index in [0.717, 1.165) is 16.7 Å². The van der Waals surface area contributed by atoms with Crippen LogP contribution in [0.15, 0.2) is 66.7 Å². The summed E-state index contributed by atoms with van der Waals surface area (Å²) < 4.78 is 0. The molecule has 0 radical (unpaired) electrons. The molecule has 0 aliphatic heterocycles. The molecule has 2 heteroatoms. The second-order valence-electron chi connectivity index (χ2n) is 4.77. The number of aliphatic hydroxyl groups is 1. The van der Waals surface area contributed by atoms with Gasteiger partial charge in [-0.25, -0.2) is 0 Å². The van der Waals surface area contributed by atoms with Gasteiger partial charge in [-0.15, -0.1) is 0 Å². The minimum absolute atomic E-state index is 0.687. The van der Waals surface area contributed by atoms with E-state index >= 15 is 0 Å². The second-order valence-corrected chi connectivity index (χ2v) is 5.20. The molecule has 0 saturated carbocycles. The fraction of sp³-hybridized carbons (Fsp3) is 0.111. The maximum atomic E-state index is 10.4. The highest BCUT2D eigenvalue weighted by Crippen LogP contribution is 2.25. The van der Waals surface area contributed by atoms with Gasteiger partial charge in [-0.05, 0) is 47.4 Å². The lowest BCUT2D eigenvalue weighted by Crippen LogP contribution is -2.10. The molecule has 1 atom stereocenters. The van der Waals surface area contributed by atoms with Gasteiger partial charge in [0, 0.05) is 5.02 Å². The monoisotopic (exact) mass is 284 g/mol. The molecule has 0 bridgehead atoms. The smallest absolute Gasteiger partial charge is 0.100 e. The van der Waals surface area contributed by atoms with Gasteiger partial charge in [-0.2, -0.15) is 0 Å². The number of hydrogen-bond acceptors (Lipinski definition) is 1. The average Bonchev–Trinajstić information content (AvgIpc) is 2.47. The van der Waals surface area contributed by atoms with Gasteiger partial charge in [-0.1, -0.05) is 60.6 Å². The molecule has 1 nitrogen and oxygen atoms in total. The third-order valence-corrected chi connectivity index (χ3v) is 3.31.